The molecular weight excluding hydrogens is 459 g/mol. The number of rotatable bonds is 2. The van der Waals surface area contributed by atoms with Crippen LogP contribution in [0.2, 0.25) is 0 Å². The van der Waals surface area contributed by atoms with E-state index in [-0.39, 0.29) is 3.87 Å². The molecule has 6 nitrogen and oxygen atoms in total. The average molecular weight is 475 g/mol. The summed E-state index contributed by atoms with van der Waals surface area (Å²) in [5, 5.41) is 20.3. The fraction of sp³-hybridized carbons (Fsp3) is 0.227. The summed E-state index contributed by atoms with van der Waals surface area (Å²) in [5.41, 5.74) is 4.38. The Labute approximate surface area is 194 Å². The zero-order valence-corrected chi connectivity index (χ0v) is 18.6. The third-order valence-corrected chi connectivity index (χ3v) is 5.10. The molecule has 0 heterocycles. The van der Waals surface area contributed by atoms with Crippen LogP contribution in [0.15, 0.2) is 47.6 Å². The van der Waals surface area contributed by atoms with Gasteiger partial charge >= 0.3 is 146 Å². The summed E-state index contributed by atoms with van der Waals surface area (Å²) in [7, 11) is 0. The number of hydrogen-bond donors (Lipinski definition) is 0. The van der Waals surface area contributed by atoms with Crippen LogP contribution in [0.1, 0.15) is 43.4 Å². The summed E-state index contributed by atoms with van der Waals surface area (Å²) < 4.78 is 41.6. The maximum atomic E-state index is 13.8. The second-order valence-electron chi connectivity index (χ2n) is 6.22. The summed E-state index contributed by atoms with van der Waals surface area (Å²) in [5.74, 6) is 0. The van der Waals surface area contributed by atoms with Crippen molar-refractivity contribution in [3.05, 3.63) is 80.5 Å². The first kappa shape index (κ1) is 28.8. The van der Waals surface area contributed by atoms with E-state index in [1.807, 2.05) is 44.2 Å². The number of alkyl halides is 3. The van der Waals surface area contributed by atoms with Crippen LogP contribution in [-0.4, -0.2) is 18.2 Å². The Morgan fingerprint density at radius 3 is 1.59 bits per heavy atom. The maximum Gasteiger partial charge on any atom is -0.0159 e. The molecule has 162 valence electrons. The van der Waals surface area contributed by atoms with Crippen molar-refractivity contribution >= 4 is 33.3 Å². The van der Waals surface area contributed by atoms with E-state index in [2.05, 4.69) is 0 Å². The van der Waals surface area contributed by atoms with Crippen molar-refractivity contribution in [2.45, 2.75) is 32.9 Å². The van der Waals surface area contributed by atoms with Crippen LogP contribution in [0.3, 0.4) is 0 Å². The Morgan fingerprint density at radius 2 is 1.25 bits per heavy atom. The Balaban J connectivity index is 0.000000925. The predicted molar refractivity (Wildman–Crippen MR) is 111 cm³/mol. The van der Waals surface area contributed by atoms with Gasteiger partial charge in [-0.3, -0.25) is 14.4 Å². The van der Waals surface area contributed by atoms with Crippen LogP contribution in [-0.2, 0) is 41.0 Å². The molecule has 0 saturated carbocycles. The van der Waals surface area contributed by atoms with Gasteiger partial charge in [-0.15, -0.1) is 0 Å². The smallest absolute Gasteiger partial charge is 0.0159 e. The number of isocyanates is 3. The molecule has 0 radical (unpaired) electrons. The largest absolute Gasteiger partial charge is 0.724 e. The number of allylic oxidation sites excluding steroid dienone is 8. The monoisotopic (exact) mass is 475 g/mol. The minimum absolute atomic E-state index is 0.285. The summed E-state index contributed by atoms with van der Waals surface area (Å²) in [6, 6.07) is 3.45. The first-order valence-corrected chi connectivity index (χ1v) is 9.56. The molecule has 1 aromatic rings. The van der Waals surface area contributed by atoms with Gasteiger partial charge in [-0.05, 0) is 18.2 Å². The second-order valence-corrected chi connectivity index (χ2v) is 7.06. The van der Waals surface area contributed by atoms with E-state index < -0.39 is 11.7 Å². The second kappa shape index (κ2) is 14.0. The first-order chi connectivity index (χ1) is 15.0. The summed E-state index contributed by atoms with van der Waals surface area (Å²) in [6.45, 7) is 3.85. The SMILES string of the molecule is CC1=C(c2cc[c]([Ti+3])c(C(F)(F)F)c2C2=C(C)C=CC2)CC=C1.[N-]=C=O.[N-]=C=O.[N-]=C=O. The molecule has 1 aromatic carbocycles. The van der Waals surface area contributed by atoms with Crippen molar-refractivity contribution in [3.8, 4) is 0 Å². The van der Waals surface area contributed by atoms with E-state index in [4.69, 9.17) is 30.6 Å². The van der Waals surface area contributed by atoms with E-state index in [1.54, 1.807) is 26.5 Å². The minimum Gasteiger partial charge on any atom is -0.724 e. The van der Waals surface area contributed by atoms with Gasteiger partial charge in [0, 0.05) is 0 Å². The van der Waals surface area contributed by atoms with Gasteiger partial charge in [-0.2, -0.15) is 0 Å². The van der Waals surface area contributed by atoms with E-state index in [1.165, 1.54) is 0 Å². The Hall–Kier alpha value is -3.18. The molecule has 0 fully saturated rings. The van der Waals surface area contributed by atoms with Gasteiger partial charge in [0.15, 0.2) is 0 Å². The van der Waals surface area contributed by atoms with Crippen molar-refractivity contribution in [3.63, 3.8) is 0 Å². The topological polar surface area (TPSA) is 118 Å². The first-order valence-electron chi connectivity index (χ1n) is 8.78. The van der Waals surface area contributed by atoms with Gasteiger partial charge in [0.1, 0.15) is 0 Å². The molecule has 0 N–H and O–H groups in total. The molecule has 0 atom stereocenters. The zero-order valence-electron chi connectivity index (χ0n) is 17.1. The minimum atomic E-state index is -4.36. The van der Waals surface area contributed by atoms with Crippen LogP contribution < -0.4 is 3.87 Å². The third-order valence-electron chi connectivity index (χ3n) is 4.45. The fourth-order valence-corrected chi connectivity index (χ4v) is 3.86. The Bertz CT molecular complexity index is 1040. The van der Waals surface area contributed by atoms with E-state index in [9.17, 15) is 13.2 Å². The molecule has 0 aliphatic heterocycles. The molecule has 3 rings (SSSR count). The molecule has 0 bridgehead atoms. The molecule has 0 saturated heterocycles. The molecule has 10 heteroatoms. The molecule has 0 unspecified atom stereocenters. The fourth-order valence-electron chi connectivity index (χ4n) is 3.31. The molecule has 2 aliphatic carbocycles. The van der Waals surface area contributed by atoms with Crippen molar-refractivity contribution in [2.24, 2.45) is 0 Å². The maximum absolute atomic E-state index is 13.8. The number of hydrogen-bond acceptors (Lipinski definition) is 3. The van der Waals surface area contributed by atoms with E-state index in [0.717, 1.165) is 27.9 Å². The van der Waals surface area contributed by atoms with Crippen LogP contribution in [0, 0.1) is 0 Å². The number of halogens is 3. The van der Waals surface area contributed by atoms with E-state index >= 15 is 0 Å². The number of benzene rings is 1. The Kier molecular flexibility index (Phi) is 12.6. The van der Waals surface area contributed by atoms with Gasteiger partial charge in [0.25, 0.3) is 0 Å². The molecule has 0 spiro atoms. The summed E-state index contributed by atoms with van der Waals surface area (Å²) >= 11 is 1.54. The van der Waals surface area contributed by atoms with Gasteiger partial charge in [-0.1, -0.05) is 0 Å². The van der Waals surface area contributed by atoms with Crippen LogP contribution in [0.5, 0.6) is 0 Å². The molecule has 2 aliphatic rings. The van der Waals surface area contributed by atoms with Gasteiger partial charge < -0.3 is 16.2 Å². The van der Waals surface area contributed by atoms with Crippen LogP contribution in [0.4, 0.5) is 13.2 Å². The predicted octanol–water partition coefficient (Wildman–Crippen LogP) is 5.02. The average Bonchev–Trinajstić information content (AvgIpc) is 3.30. The van der Waals surface area contributed by atoms with Crippen molar-refractivity contribution in [2.75, 3.05) is 0 Å². The van der Waals surface area contributed by atoms with Gasteiger partial charge in [0.05, 0.1) is 0 Å². The van der Waals surface area contributed by atoms with Gasteiger partial charge in [0.2, 0.25) is 0 Å². The molecule has 32 heavy (non-hydrogen) atoms. The molecule has 0 aromatic heterocycles. The summed E-state index contributed by atoms with van der Waals surface area (Å²) in [4.78, 5) is 24.7. The Morgan fingerprint density at radius 1 is 0.844 bits per heavy atom. The van der Waals surface area contributed by atoms with E-state index in [0.29, 0.717) is 36.6 Å². The van der Waals surface area contributed by atoms with Gasteiger partial charge in [-0.25, -0.2) is 0 Å². The van der Waals surface area contributed by atoms with Crippen molar-refractivity contribution < 1.29 is 48.0 Å². The van der Waals surface area contributed by atoms with Crippen LogP contribution in [0.25, 0.3) is 27.4 Å². The standard InChI is InChI=1S/C19H16F3.3CNO.Ti/c1-12-6-3-8-14(12)16-10-5-11-17(19(20,21)22)18(16)15-9-4-7-13(15)2;3*2-1-3;/h3-7,10H,8-9H2,1-2H3;;;;/q;3*-1;+3. The van der Waals surface area contributed by atoms with Crippen molar-refractivity contribution in [1.29, 1.82) is 0 Å². The van der Waals surface area contributed by atoms with Crippen LogP contribution >= 0.6 is 0 Å². The molecular formula is C22H16F3N3O3Ti. The normalized spacial score (nSPS) is 13.6. The number of nitrogens with zero attached hydrogens (tertiary/aromatic N) is 3. The number of carbonyl (C=O) groups excluding carboxylic acids is 3. The van der Waals surface area contributed by atoms with Crippen molar-refractivity contribution in [1.82, 2.24) is 0 Å². The summed E-state index contributed by atoms with van der Waals surface area (Å²) in [6.07, 6.45) is 6.24. The zero-order chi connectivity index (χ0) is 24.9. The molecule has 0 amide bonds. The third kappa shape index (κ3) is 7.82. The quantitative estimate of drug-likeness (QED) is 0.340.